The van der Waals surface area contributed by atoms with Crippen LogP contribution < -0.4 is 0 Å². The topological polar surface area (TPSA) is 12.5 Å². The first kappa shape index (κ1) is 22.2. The van der Waals surface area contributed by atoms with Crippen molar-refractivity contribution in [1.29, 1.82) is 0 Å². The van der Waals surface area contributed by atoms with Gasteiger partial charge in [0.25, 0.3) is 0 Å². The molecule has 4 heteroatoms. The maximum Gasteiger partial charge on any atom is 0.167 e. The van der Waals surface area contributed by atoms with Crippen molar-refractivity contribution in [3.8, 4) is 22.3 Å². The van der Waals surface area contributed by atoms with E-state index in [4.69, 9.17) is 4.74 Å². The molecule has 4 aromatic rings. The highest BCUT2D eigenvalue weighted by Crippen LogP contribution is 2.33. The van der Waals surface area contributed by atoms with Crippen LogP contribution in [0.1, 0.15) is 28.4 Å². The van der Waals surface area contributed by atoms with Gasteiger partial charge >= 0.3 is 0 Å². The second-order valence-corrected chi connectivity index (χ2v) is 8.48. The van der Waals surface area contributed by atoms with E-state index in [9.17, 15) is 13.2 Å². The Kier molecular flexibility index (Phi) is 6.08. The van der Waals surface area contributed by atoms with Crippen LogP contribution in [0.25, 0.3) is 28.3 Å². The number of epoxide rings is 1. The molecule has 1 fully saturated rings. The Morgan fingerprint density at radius 3 is 1.88 bits per heavy atom. The maximum absolute atomic E-state index is 14.9. The predicted molar refractivity (Wildman–Crippen MR) is 130 cm³/mol. The van der Waals surface area contributed by atoms with Crippen molar-refractivity contribution >= 4 is 6.08 Å². The molecule has 0 amide bonds. The van der Waals surface area contributed by atoms with Crippen LogP contribution in [0.2, 0.25) is 0 Å². The summed E-state index contributed by atoms with van der Waals surface area (Å²) in [6.45, 7) is 4.36. The lowest BCUT2D eigenvalue weighted by atomic mass is 9.96. The van der Waals surface area contributed by atoms with E-state index < -0.39 is 11.6 Å². The van der Waals surface area contributed by atoms with Gasteiger partial charge in [-0.25, -0.2) is 13.2 Å². The summed E-state index contributed by atoms with van der Waals surface area (Å²) in [5.74, 6) is -1.97. The molecule has 0 N–H and O–H groups in total. The van der Waals surface area contributed by atoms with Crippen LogP contribution in [0.4, 0.5) is 13.2 Å². The first-order valence-corrected chi connectivity index (χ1v) is 11.2. The lowest BCUT2D eigenvalue weighted by Crippen LogP contribution is -1.97. The molecule has 1 atom stereocenters. The second-order valence-electron chi connectivity index (χ2n) is 8.48. The zero-order valence-electron chi connectivity index (χ0n) is 18.5. The van der Waals surface area contributed by atoms with Crippen molar-refractivity contribution in [2.24, 2.45) is 0 Å². The SMILES string of the molecule is C=Cc1ccc(-c2ccc(-c3ccc(CCc4ccc(C5CO5)cc4F)cc3)c(F)c2F)cc1. The number of hydrogen-bond donors (Lipinski definition) is 0. The molecule has 1 aliphatic heterocycles. The molecule has 34 heavy (non-hydrogen) atoms. The Morgan fingerprint density at radius 1 is 0.765 bits per heavy atom. The Balaban J connectivity index is 1.31. The molecule has 5 rings (SSSR count). The maximum atomic E-state index is 14.9. The molecule has 0 spiro atoms. The minimum absolute atomic E-state index is 0.0354. The summed E-state index contributed by atoms with van der Waals surface area (Å²) in [4.78, 5) is 0. The summed E-state index contributed by atoms with van der Waals surface area (Å²) in [6, 6.07) is 22.9. The van der Waals surface area contributed by atoms with Gasteiger partial charge in [0.05, 0.1) is 6.61 Å². The van der Waals surface area contributed by atoms with E-state index in [1.807, 2.05) is 36.4 Å². The number of halogens is 3. The molecule has 0 radical (unpaired) electrons. The Hall–Kier alpha value is -3.63. The van der Waals surface area contributed by atoms with E-state index in [1.54, 1.807) is 48.5 Å². The van der Waals surface area contributed by atoms with Crippen LogP contribution in [-0.4, -0.2) is 6.61 Å². The molecule has 1 heterocycles. The molecule has 4 aromatic carbocycles. The van der Waals surface area contributed by atoms with Gasteiger partial charge in [0, 0.05) is 11.1 Å². The molecule has 1 saturated heterocycles. The minimum atomic E-state index is -0.875. The smallest absolute Gasteiger partial charge is 0.167 e. The lowest BCUT2D eigenvalue weighted by molar-refractivity contribution is 0.414. The van der Waals surface area contributed by atoms with Gasteiger partial charge in [0.15, 0.2) is 11.6 Å². The molecular formula is C30H23F3O. The minimum Gasteiger partial charge on any atom is -0.368 e. The van der Waals surface area contributed by atoms with Crippen molar-refractivity contribution < 1.29 is 17.9 Å². The molecule has 0 saturated carbocycles. The van der Waals surface area contributed by atoms with Gasteiger partial charge in [0.1, 0.15) is 11.9 Å². The van der Waals surface area contributed by atoms with Crippen molar-refractivity contribution in [3.05, 3.63) is 125 Å². The normalized spacial score (nSPS) is 14.7. The number of aryl methyl sites for hydroxylation is 2. The van der Waals surface area contributed by atoms with E-state index in [-0.39, 0.29) is 23.0 Å². The largest absolute Gasteiger partial charge is 0.368 e. The van der Waals surface area contributed by atoms with E-state index >= 15 is 0 Å². The Morgan fingerprint density at radius 2 is 1.35 bits per heavy atom. The van der Waals surface area contributed by atoms with Crippen molar-refractivity contribution in [1.82, 2.24) is 0 Å². The van der Waals surface area contributed by atoms with Crippen LogP contribution in [-0.2, 0) is 17.6 Å². The number of benzene rings is 4. The monoisotopic (exact) mass is 456 g/mol. The highest BCUT2D eigenvalue weighted by molar-refractivity contribution is 5.72. The van der Waals surface area contributed by atoms with Crippen LogP contribution >= 0.6 is 0 Å². The third-order valence-electron chi connectivity index (χ3n) is 6.27. The molecule has 0 aliphatic carbocycles. The van der Waals surface area contributed by atoms with E-state index in [0.717, 1.165) is 16.7 Å². The Bertz CT molecular complexity index is 1340. The highest BCUT2D eigenvalue weighted by Gasteiger charge is 2.25. The van der Waals surface area contributed by atoms with Gasteiger partial charge in [-0.3, -0.25) is 0 Å². The van der Waals surface area contributed by atoms with Crippen LogP contribution in [0, 0.1) is 17.5 Å². The van der Waals surface area contributed by atoms with Crippen molar-refractivity contribution in [3.63, 3.8) is 0 Å². The van der Waals surface area contributed by atoms with Gasteiger partial charge in [-0.05, 0) is 52.3 Å². The van der Waals surface area contributed by atoms with Crippen molar-refractivity contribution in [2.45, 2.75) is 18.9 Å². The van der Waals surface area contributed by atoms with Crippen molar-refractivity contribution in [2.75, 3.05) is 6.61 Å². The molecule has 0 aromatic heterocycles. The summed E-state index contributed by atoms with van der Waals surface area (Å²) >= 11 is 0. The Labute approximate surface area is 197 Å². The van der Waals surface area contributed by atoms with E-state index in [1.165, 1.54) is 0 Å². The lowest BCUT2D eigenvalue weighted by Gasteiger charge is -2.10. The quantitative estimate of drug-likeness (QED) is 0.257. The van der Waals surface area contributed by atoms with Gasteiger partial charge in [-0.1, -0.05) is 85.5 Å². The van der Waals surface area contributed by atoms with Crippen LogP contribution in [0.5, 0.6) is 0 Å². The summed E-state index contributed by atoms with van der Waals surface area (Å²) < 4.78 is 49.4. The average Bonchev–Trinajstić information content (AvgIpc) is 3.71. The summed E-state index contributed by atoms with van der Waals surface area (Å²) in [5.41, 5.74) is 5.06. The number of ether oxygens (including phenoxy) is 1. The summed E-state index contributed by atoms with van der Waals surface area (Å²) in [6.07, 6.45) is 2.93. The third kappa shape index (κ3) is 4.55. The molecule has 0 bridgehead atoms. The van der Waals surface area contributed by atoms with Crippen LogP contribution in [0.15, 0.2) is 85.4 Å². The van der Waals surface area contributed by atoms with Gasteiger partial charge in [0.2, 0.25) is 0 Å². The molecule has 1 nitrogen and oxygen atoms in total. The third-order valence-corrected chi connectivity index (χ3v) is 6.27. The van der Waals surface area contributed by atoms with Gasteiger partial charge in [-0.2, -0.15) is 0 Å². The second kappa shape index (κ2) is 9.32. The zero-order chi connectivity index (χ0) is 23.7. The first-order chi connectivity index (χ1) is 16.5. The standard InChI is InChI=1S/C30H23F3O/c1-2-19-3-8-21(9-4-19)25-15-16-26(30(33)29(25)32)22-10-5-20(6-11-22)7-12-23-13-14-24(17-27(23)31)28-18-34-28/h2-6,8-11,13-17,28H,1,7,12,18H2. The summed E-state index contributed by atoms with van der Waals surface area (Å²) in [7, 11) is 0. The first-order valence-electron chi connectivity index (χ1n) is 11.2. The van der Waals surface area contributed by atoms with Crippen LogP contribution in [0.3, 0.4) is 0 Å². The molecule has 1 aliphatic rings. The number of hydrogen-bond acceptors (Lipinski definition) is 1. The molecule has 170 valence electrons. The highest BCUT2D eigenvalue weighted by atomic mass is 19.2. The summed E-state index contributed by atoms with van der Waals surface area (Å²) in [5, 5.41) is 0. The average molecular weight is 457 g/mol. The fourth-order valence-corrected chi connectivity index (χ4v) is 4.13. The van der Waals surface area contributed by atoms with Gasteiger partial charge < -0.3 is 4.74 Å². The van der Waals surface area contributed by atoms with E-state index in [2.05, 4.69) is 6.58 Å². The fraction of sp³-hybridized carbons (Fsp3) is 0.133. The van der Waals surface area contributed by atoms with Gasteiger partial charge in [-0.15, -0.1) is 0 Å². The zero-order valence-corrected chi connectivity index (χ0v) is 18.5. The number of rotatable bonds is 7. The molecule has 1 unspecified atom stereocenters. The molecular weight excluding hydrogens is 433 g/mol. The van der Waals surface area contributed by atoms with E-state index in [0.29, 0.717) is 36.1 Å². The fourth-order valence-electron chi connectivity index (χ4n) is 4.13. The predicted octanol–water partition coefficient (Wildman–Crippen LogP) is 7.94.